The molecule has 8 nitrogen and oxygen atoms in total. The summed E-state index contributed by atoms with van der Waals surface area (Å²) in [5.74, 6) is 4.71. The molecule has 0 bridgehead atoms. The summed E-state index contributed by atoms with van der Waals surface area (Å²) in [6, 6.07) is 2.48. The number of hydrogen-bond donors (Lipinski definition) is 3. The molecular formula is C20H21F2N7O. The van der Waals surface area contributed by atoms with Crippen LogP contribution in [-0.4, -0.2) is 51.5 Å². The minimum Gasteiger partial charge on any atom is -0.373 e. The topological polar surface area (TPSA) is 103 Å². The predicted molar refractivity (Wildman–Crippen MR) is 108 cm³/mol. The van der Waals surface area contributed by atoms with Crippen molar-refractivity contribution >= 4 is 22.8 Å². The van der Waals surface area contributed by atoms with Crippen LogP contribution < -0.4 is 16.4 Å². The lowest BCUT2D eigenvalue weighted by atomic mass is 10.1. The Morgan fingerprint density at radius 2 is 2.23 bits per heavy atom. The van der Waals surface area contributed by atoms with Crippen molar-refractivity contribution in [3.63, 3.8) is 0 Å². The number of aryl methyl sites for hydroxylation is 1. The fourth-order valence-corrected chi connectivity index (χ4v) is 3.73. The number of alkyl halides is 1. The highest BCUT2D eigenvalue weighted by Crippen LogP contribution is 2.28. The van der Waals surface area contributed by atoms with Crippen molar-refractivity contribution in [3.8, 4) is 11.8 Å². The third-order valence-corrected chi connectivity index (χ3v) is 5.25. The van der Waals surface area contributed by atoms with E-state index in [1.807, 2.05) is 0 Å². The van der Waals surface area contributed by atoms with Crippen LogP contribution in [0.5, 0.6) is 0 Å². The SMILES string of the molecule is CNc1c(C(N)=O)c(C#Cc2cc3ncn(C)c3cc2F)nn1[C@@H]1CN[C@@H](CF)C1. The number of nitrogens with two attached hydrogens (primary N) is 1. The van der Waals surface area contributed by atoms with Crippen LogP contribution in [-0.2, 0) is 7.05 Å². The van der Waals surface area contributed by atoms with Crippen molar-refractivity contribution in [1.29, 1.82) is 0 Å². The Bertz CT molecular complexity index is 1190. The van der Waals surface area contributed by atoms with Gasteiger partial charge in [-0.2, -0.15) is 5.10 Å². The number of imidazole rings is 1. The fraction of sp³-hybridized carbons (Fsp3) is 0.350. The van der Waals surface area contributed by atoms with Gasteiger partial charge in [0.2, 0.25) is 0 Å². The van der Waals surface area contributed by atoms with E-state index in [2.05, 4.69) is 32.6 Å². The molecule has 0 radical (unpaired) electrons. The van der Waals surface area contributed by atoms with Gasteiger partial charge >= 0.3 is 0 Å². The van der Waals surface area contributed by atoms with Crippen molar-refractivity contribution in [1.82, 2.24) is 24.6 Å². The molecule has 3 aromatic rings. The summed E-state index contributed by atoms with van der Waals surface area (Å²) < 4.78 is 30.8. The van der Waals surface area contributed by atoms with Crippen LogP contribution in [0.1, 0.15) is 34.1 Å². The average Bonchev–Trinajstić information content (AvgIpc) is 3.43. The number of carbonyl (C=O) groups is 1. The van der Waals surface area contributed by atoms with E-state index in [1.165, 1.54) is 6.07 Å². The Morgan fingerprint density at radius 3 is 2.90 bits per heavy atom. The Balaban J connectivity index is 1.77. The summed E-state index contributed by atoms with van der Waals surface area (Å²) in [5, 5.41) is 10.4. The number of anilines is 1. The largest absolute Gasteiger partial charge is 0.373 e. The first-order valence-corrected chi connectivity index (χ1v) is 9.45. The van der Waals surface area contributed by atoms with E-state index in [0.29, 0.717) is 29.8 Å². The highest BCUT2D eigenvalue weighted by Gasteiger charge is 2.30. The standard InChI is InChI=1S/C20H21F2N7O/c1-24-20-18(19(23)30)15(27-29(20)13-6-12(8-21)25-9-13)4-3-11-5-16-17(7-14(11)22)28(2)10-26-16/h5,7,10,12-13,24-25H,6,8-9H2,1-2H3,(H2,23,30)/t12-,13+/m1/s1. The molecule has 0 saturated carbocycles. The number of benzene rings is 1. The van der Waals surface area contributed by atoms with Gasteiger partial charge in [-0.1, -0.05) is 5.92 Å². The van der Waals surface area contributed by atoms with E-state index in [9.17, 15) is 13.6 Å². The van der Waals surface area contributed by atoms with Crippen molar-refractivity contribution < 1.29 is 13.6 Å². The third-order valence-electron chi connectivity index (χ3n) is 5.25. The molecule has 1 aliphatic rings. The van der Waals surface area contributed by atoms with E-state index in [-0.39, 0.29) is 28.9 Å². The minimum atomic E-state index is -0.705. The van der Waals surface area contributed by atoms with Crippen LogP contribution in [0.4, 0.5) is 14.6 Å². The molecule has 1 fully saturated rings. The van der Waals surface area contributed by atoms with Crippen LogP contribution in [0.15, 0.2) is 18.5 Å². The number of primary amides is 1. The van der Waals surface area contributed by atoms with Crippen LogP contribution in [0, 0.1) is 17.7 Å². The smallest absolute Gasteiger partial charge is 0.255 e. The maximum Gasteiger partial charge on any atom is 0.255 e. The Morgan fingerprint density at radius 1 is 1.43 bits per heavy atom. The lowest BCUT2D eigenvalue weighted by Crippen LogP contribution is -2.23. The number of aromatic nitrogens is 4. The zero-order valence-corrected chi connectivity index (χ0v) is 16.5. The zero-order chi connectivity index (χ0) is 21.4. The number of carbonyl (C=O) groups excluding carboxylic acids is 1. The Hall–Kier alpha value is -3.45. The van der Waals surface area contributed by atoms with E-state index < -0.39 is 18.4 Å². The fourth-order valence-electron chi connectivity index (χ4n) is 3.73. The molecule has 1 saturated heterocycles. The van der Waals surface area contributed by atoms with Gasteiger partial charge in [-0.25, -0.2) is 18.4 Å². The van der Waals surface area contributed by atoms with Gasteiger partial charge in [0.25, 0.3) is 5.91 Å². The lowest BCUT2D eigenvalue weighted by molar-refractivity contribution is 0.100. The minimum absolute atomic E-state index is 0.119. The molecule has 3 heterocycles. The number of nitrogens with zero attached hydrogens (tertiary/aromatic N) is 4. The second-order valence-electron chi connectivity index (χ2n) is 7.21. The molecule has 1 aromatic carbocycles. The van der Waals surface area contributed by atoms with E-state index >= 15 is 0 Å². The summed E-state index contributed by atoms with van der Waals surface area (Å²) in [5.41, 5.74) is 7.21. The quantitative estimate of drug-likeness (QED) is 0.560. The first-order valence-electron chi connectivity index (χ1n) is 9.45. The number of hydrogen-bond acceptors (Lipinski definition) is 5. The zero-order valence-electron chi connectivity index (χ0n) is 16.5. The van der Waals surface area contributed by atoms with Crippen molar-refractivity contribution in [2.75, 3.05) is 25.6 Å². The van der Waals surface area contributed by atoms with Crippen LogP contribution in [0.25, 0.3) is 11.0 Å². The van der Waals surface area contributed by atoms with Gasteiger partial charge in [0.15, 0.2) is 5.69 Å². The molecule has 2 atom stereocenters. The summed E-state index contributed by atoms with van der Waals surface area (Å²) >= 11 is 0. The highest BCUT2D eigenvalue weighted by molar-refractivity contribution is 6.00. The number of nitrogens with one attached hydrogen (secondary N) is 2. The molecule has 4 rings (SSSR count). The van der Waals surface area contributed by atoms with Gasteiger partial charge in [-0.05, 0) is 18.4 Å². The molecule has 30 heavy (non-hydrogen) atoms. The third kappa shape index (κ3) is 3.37. The highest BCUT2D eigenvalue weighted by atomic mass is 19.1. The summed E-state index contributed by atoms with van der Waals surface area (Å²) in [6.45, 7) is 0.0122. The summed E-state index contributed by atoms with van der Waals surface area (Å²) in [7, 11) is 3.41. The molecule has 0 spiro atoms. The second kappa shape index (κ2) is 7.76. The molecule has 0 unspecified atom stereocenters. The van der Waals surface area contributed by atoms with Gasteiger partial charge in [0.1, 0.15) is 23.9 Å². The summed E-state index contributed by atoms with van der Waals surface area (Å²) in [4.78, 5) is 16.3. The molecule has 10 heteroatoms. The van der Waals surface area contributed by atoms with Crippen molar-refractivity contribution in [2.24, 2.45) is 12.8 Å². The molecule has 156 valence electrons. The number of fused-ring (bicyclic) bond motifs is 1. The normalized spacial score (nSPS) is 18.4. The number of amides is 1. The van der Waals surface area contributed by atoms with E-state index in [4.69, 9.17) is 5.73 Å². The number of rotatable bonds is 4. The maximum atomic E-state index is 14.5. The maximum absolute atomic E-state index is 14.5. The van der Waals surface area contributed by atoms with Gasteiger partial charge in [-0.15, -0.1) is 0 Å². The van der Waals surface area contributed by atoms with Crippen LogP contribution in [0.3, 0.4) is 0 Å². The first kappa shape index (κ1) is 19.8. The van der Waals surface area contributed by atoms with Crippen LogP contribution in [0.2, 0.25) is 0 Å². The van der Waals surface area contributed by atoms with Gasteiger partial charge in [-0.3, -0.25) is 4.79 Å². The first-order chi connectivity index (χ1) is 14.4. The Kier molecular flexibility index (Phi) is 5.13. The van der Waals surface area contributed by atoms with E-state index in [1.54, 1.807) is 35.7 Å². The molecule has 4 N–H and O–H groups in total. The van der Waals surface area contributed by atoms with Gasteiger partial charge in [0, 0.05) is 32.7 Å². The summed E-state index contributed by atoms with van der Waals surface area (Å²) in [6.07, 6.45) is 2.11. The molecule has 1 amide bonds. The second-order valence-corrected chi connectivity index (χ2v) is 7.21. The molecule has 2 aromatic heterocycles. The Labute approximate surface area is 171 Å². The van der Waals surface area contributed by atoms with Crippen molar-refractivity contribution in [2.45, 2.75) is 18.5 Å². The lowest BCUT2D eigenvalue weighted by Gasteiger charge is -2.13. The van der Waals surface area contributed by atoms with Crippen LogP contribution >= 0.6 is 0 Å². The van der Waals surface area contributed by atoms with Gasteiger partial charge < -0.3 is 20.9 Å². The van der Waals surface area contributed by atoms with Gasteiger partial charge in [0.05, 0.1) is 29.0 Å². The number of halogens is 2. The van der Waals surface area contributed by atoms with E-state index in [0.717, 1.165) is 0 Å². The average molecular weight is 413 g/mol. The van der Waals surface area contributed by atoms with Crippen molar-refractivity contribution in [3.05, 3.63) is 41.1 Å². The monoisotopic (exact) mass is 413 g/mol. The predicted octanol–water partition coefficient (Wildman–Crippen LogP) is 1.32. The molecule has 0 aliphatic carbocycles. The molecule has 1 aliphatic heterocycles. The molecular weight excluding hydrogens is 392 g/mol.